The fourth-order valence-electron chi connectivity index (χ4n) is 1.86. The predicted molar refractivity (Wildman–Crippen MR) is 78.6 cm³/mol. The number of methoxy groups -OCH3 is 1. The van der Waals surface area contributed by atoms with Crippen molar-refractivity contribution < 1.29 is 9.53 Å². The number of hydrogen-bond donors (Lipinski definition) is 1. The molecule has 0 fully saturated rings. The van der Waals surface area contributed by atoms with Crippen LogP contribution in [0.15, 0.2) is 18.2 Å². The van der Waals surface area contributed by atoms with Crippen molar-refractivity contribution in [2.75, 3.05) is 45.5 Å². The molecule has 5 heteroatoms. The molecular weight excluding hydrogens is 242 g/mol. The van der Waals surface area contributed by atoms with Gasteiger partial charge in [0, 0.05) is 39.9 Å². The zero-order valence-corrected chi connectivity index (χ0v) is 12.3. The van der Waals surface area contributed by atoms with Gasteiger partial charge in [0.05, 0.1) is 18.0 Å². The molecule has 0 radical (unpaired) electrons. The van der Waals surface area contributed by atoms with Gasteiger partial charge in [-0.05, 0) is 25.1 Å². The number of rotatable bonds is 5. The van der Waals surface area contributed by atoms with Crippen LogP contribution in [0.4, 0.5) is 11.4 Å². The summed E-state index contributed by atoms with van der Waals surface area (Å²) in [5, 5.41) is 0. The van der Waals surface area contributed by atoms with Crippen molar-refractivity contribution in [2.45, 2.75) is 13.0 Å². The summed E-state index contributed by atoms with van der Waals surface area (Å²) in [6, 6.07) is 5.60. The third-order valence-corrected chi connectivity index (χ3v) is 3.13. The van der Waals surface area contributed by atoms with E-state index in [-0.39, 0.29) is 11.9 Å². The number of hydrogen-bond acceptors (Lipinski definition) is 4. The van der Waals surface area contributed by atoms with Gasteiger partial charge in [-0.15, -0.1) is 0 Å². The number of nitrogen functional groups attached to an aromatic ring is 1. The lowest BCUT2D eigenvalue weighted by molar-refractivity contribution is 0.0827. The van der Waals surface area contributed by atoms with E-state index < -0.39 is 0 Å². The van der Waals surface area contributed by atoms with Gasteiger partial charge in [-0.3, -0.25) is 4.79 Å². The lowest BCUT2D eigenvalue weighted by atomic mass is 10.1. The van der Waals surface area contributed by atoms with Crippen LogP contribution >= 0.6 is 0 Å². The topological polar surface area (TPSA) is 58.8 Å². The Morgan fingerprint density at radius 2 is 2.00 bits per heavy atom. The molecule has 0 aromatic heterocycles. The average Bonchev–Trinajstić information content (AvgIpc) is 2.37. The number of nitrogens with zero attached hydrogens (tertiary/aromatic N) is 2. The number of anilines is 2. The lowest BCUT2D eigenvalue weighted by Crippen LogP contribution is -2.33. The van der Waals surface area contributed by atoms with Crippen molar-refractivity contribution in [3.63, 3.8) is 0 Å². The van der Waals surface area contributed by atoms with E-state index in [0.29, 0.717) is 17.9 Å². The molecule has 1 amide bonds. The fourth-order valence-corrected chi connectivity index (χ4v) is 1.86. The number of carbonyl (C=O) groups is 1. The van der Waals surface area contributed by atoms with Crippen molar-refractivity contribution in [3.05, 3.63) is 23.8 Å². The molecule has 0 saturated carbocycles. The molecule has 0 bridgehead atoms. The third-order valence-electron chi connectivity index (χ3n) is 3.13. The van der Waals surface area contributed by atoms with Crippen LogP contribution in [0.3, 0.4) is 0 Å². The van der Waals surface area contributed by atoms with Crippen LogP contribution in [0.2, 0.25) is 0 Å². The summed E-state index contributed by atoms with van der Waals surface area (Å²) in [5.74, 6) is -0.0501. The van der Waals surface area contributed by atoms with Crippen LogP contribution in [-0.4, -0.2) is 51.7 Å². The van der Waals surface area contributed by atoms with E-state index in [2.05, 4.69) is 6.92 Å². The van der Waals surface area contributed by atoms with Gasteiger partial charge in [0.15, 0.2) is 0 Å². The third kappa shape index (κ3) is 3.61. The Morgan fingerprint density at radius 1 is 1.37 bits per heavy atom. The second-order valence-corrected chi connectivity index (χ2v) is 4.89. The minimum absolute atomic E-state index is 0.0501. The Kier molecular flexibility index (Phi) is 5.18. The molecule has 1 atom stereocenters. The summed E-state index contributed by atoms with van der Waals surface area (Å²) in [4.78, 5) is 15.4. The maximum absolute atomic E-state index is 11.9. The van der Waals surface area contributed by atoms with Crippen LogP contribution < -0.4 is 10.6 Å². The van der Waals surface area contributed by atoms with E-state index in [1.165, 1.54) is 4.90 Å². The Balaban J connectivity index is 2.97. The maximum atomic E-state index is 11.9. The van der Waals surface area contributed by atoms with Crippen LogP contribution in [0.1, 0.15) is 17.3 Å². The highest BCUT2D eigenvalue weighted by molar-refractivity contribution is 5.95. The highest BCUT2D eigenvalue weighted by Gasteiger charge is 2.15. The lowest BCUT2D eigenvalue weighted by Gasteiger charge is -2.28. The molecule has 0 aliphatic carbocycles. The standard InChI is InChI=1S/C14H23N3O2/c1-10(9-19-5)17(4)13-7-6-11(8-12(13)15)14(18)16(2)3/h6-8,10H,9,15H2,1-5H3. The number of nitrogens with two attached hydrogens (primary N) is 1. The SMILES string of the molecule is COCC(C)N(C)c1ccc(C(=O)N(C)C)cc1N. The van der Waals surface area contributed by atoms with Crippen LogP contribution in [0, 0.1) is 0 Å². The predicted octanol–water partition coefficient (Wildman–Crippen LogP) is 1.44. The minimum Gasteiger partial charge on any atom is -0.397 e. The first kappa shape index (κ1) is 15.3. The molecule has 1 aromatic rings. The van der Waals surface area contributed by atoms with Crippen LogP contribution in [0.5, 0.6) is 0 Å². The normalized spacial score (nSPS) is 12.1. The largest absolute Gasteiger partial charge is 0.397 e. The zero-order valence-electron chi connectivity index (χ0n) is 12.3. The Hall–Kier alpha value is -1.75. The van der Waals surface area contributed by atoms with E-state index in [1.807, 2.05) is 18.0 Å². The Bertz CT molecular complexity index is 446. The highest BCUT2D eigenvalue weighted by Crippen LogP contribution is 2.25. The maximum Gasteiger partial charge on any atom is 0.253 e. The molecular formula is C14H23N3O2. The van der Waals surface area contributed by atoms with Gasteiger partial charge in [0.1, 0.15) is 0 Å². The highest BCUT2D eigenvalue weighted by atomic mass is 16.5. The first-order valence-corrected chi connectivity index (χ1v) is 6.21. The van der Waals surface area contributed by atoms with E-state index in [9.17, 15) is 4.79 Å². The Labute approximate surface area is 114 Å². The number of likely N-dealkylation sites (N-methyl/N-ethyl adjacent to an activating group) is 1. The first-order chi connectivity index (χ1) is 8.88. The van der Waals surface area contributed by atoms with Crippen LogP contribution in [0.25, 0.3) is 0 Å². The second kappa shape index (κ2) is 6.43. The van der Waals surface area contributed by atoms with Crippen molar-refractivity contribution in [1.29, 1.82) is 0 Å². The van der Waals surface area contributed by atoms with Crippen molar-refractivity contribution in [1.82, 2.24) is 4.90 Å². The van der Waals surface area contributed by atoms with Gasteiger partial charge in [-0.1, -0.05) is 0 Å². The van der Waals surface area contributed by atoms with E-state index in [4.69, 9.17) is 10.5 Å². The van der Waals surface area contributed by atoms with Gasteiger partial charge in [0.25, 0.3) is 5.91 Å². The molecule has 1 unspecified atom stereocenters. The summed E-state index contributed by atoms with van der Waals surface area (Å²) < 4.78 is 5.14. The molecule has 0 heterocycles. The molecule has 0 aliphatic rings. The first-order valence-electron chi connectivity index (χ1n) is 6.21. The van der Waals surface area contributed by atoms with Crippen LogP contribution in [-0.2, 0) is 4.74 Å². The van der Waals surface area contributed by atoms with E-state index in [0.717, 1.165) is 5.69 Å². The summed E-state index contributed by atoms with van der Waals surface area (Å²) in [6.07, 6.45) is 0. The van der Waals surface area contributed by atoms with Gasteiger partial charge in [-0.25, -0.2) is 0 Å². The molecule has 106 valence electrons. The van der Waals surface area contributed by atoms with Crippen molar-refractivity contribution >= 4 is 17.3 Å². The fraction of sp³-hybridized carbons (Fsp3) is 0.500. The van der Waals surface area contributed by atoms with Crippen molar-refractivity contribution in [3.8, 4) is 0 Å². The summed E-state index contributed by atoms with van der Waals surface area (Å²) >= 11 is 0. The summed E-state index contributed by atoms with van der Waals surface area (Å²) in [6.45, 7) is 2.68. The number of carbonyl (C=O) groups excluding carboxylic acids is 1. The zero-order chi connectivity index (χ0) is 14.6. The number of benzene rings is 1. The van der Waals surface area contributed by atoms with Gasteiger partial charge in [0.2, 0.25) is 0 Å². The van der Waals surface area contributed by atoms with Crippen molar-refractivity contribution in [2.24, 2.45) is 0 Å². The molecule has 0 aliphatic heterocycles. The molecule has 5 nitrogen and oxygen atoms in total. The van der Waals surface area contributed by atoms with Gasteiger partial charge in [-0.2, -0.15) is 0 Å². The molecule has 1 aromatic carbocycles. The summed E-state index contributed by atoms with van der Waals surface area (Å²) in [5.41, 5.74) is 8.14. The number of ether oxygens (including phenoxy) is 1. The van der Waals surface area contributed by atoms with Gasteiger partial charge < -0.3 is 20.3 Å². The smallest absolute Gasteiger partial charge is 0.253 e. The van der Waals surface area contributed by atoms with E-state index >= 15 is 0 Å². The quantitative estimate of drug-likeness (QED) is 0.818. The van der Waals surface area contributed by atoms with E-state index in [1.54, 1.807) is 33.3 Å². The number of amides is 1. The van der Waals surface area contributed by atoms with Gasteiger partial charge >= 0.3 is 0 Å². The Morgan fingerprint density at radius 3 is 2.47 bits per heavy atom. The minimum atomic E-state index is -0.0501. The average molecular weight is 265 g/mol. The monoisotopic (exact) mass is 265 g/mol. The summed E-state index contributed by atoms with van der Waals surface area (Å²) in [7, 11) is 7.08. The second-order valence-electron chi connectivity index (χ2n) is 4.89. The molecule has 19 heavy (non-hydrogen) atoms. The molecule has 0 spiro atoms. The molecule has 2 N–H and O–H groups in total. The molecule has 1 rings (SSSR count). The molecule has 0 saturated heterocycles.